The molecule has 0 fully saturated rings. The van der Waals surface area contributed by atoms with Crippen LogP contribution < -0.4 is 10.4 Å². The molecule has 4 aromatic rings. The van der Waals surface area contributed by atoms with Gasteiger partial charge >= 0.3 is 12.2 Å². The first-order valence-electron chi connectivity index (χ1n) is 8.98. The summed E-state index contributed by atoms with van der Waals surface area (Å²) in [4.78, 5) is 12.3. The minimum absolute atomic E-state index is 0.0927. The second-order valence-electron chi connectivity index (χ2n) is 6.62. The Bertz CT molecular complexity index is 1250. The molecular formula is C22H14ClF3N3O2. The molecule has 1 heterocycles. The number of nitrogens with zero attached hydrogens (tertiary/aromatic N) is 2. The molecule has 2 N–H and O–H groups in total. The normalized spacial score (nSPS) is 11.5. The third kappa shape index (κ3) is 4.21. The minimum Gasteiger partial charge on any atom is -0.317 e. The van der Waals surface area contributed by atoms with Crippen LogP contribution in [-0.4, -0.2) is 15.8 Å². The number of fused-ring (bicyclic) bond motifs is 1. The highest BCUT2D eigenvalue weighted by molar-refractivity contribution is 6.31. The number of hydroxylamine groups is 1. The van der Waals surface area contributed by atoms with E-state index in [1.807, 2.05) is 35.0 Å². The molecule has 1 radical (unpaired) electrons. The predicted molar refractivity (Wildman–Crippen MR) is 112 cm³/mol. The predicted octanol–water partition coefficient (Wildman–Crippen LogP) is 6.53. The van der Waals surface area contributed by atoms with Gasteiger partial charge in [-0.25, -0.2) is 4.79 Å². The first kappa shape index (κ1) is 20.8. The number of rotatable bonds is 3. The monoisotopic (exact) mass is 444 g/mol. The average molecular weight is 445 g/mol. The first-order valence-corrected chi connectivity index (χ1v) is 9.36. The molecule has 0 aliphatic heterocycles. The Balaban J connectivity index is 1.51. The molecular weight excluding hydrogens is 431 g/mol. The van der Waals surface area contributed by atoms with Gasteiger partial charge in [0.1, 0.15) is 0 Å². The van der Waals surface area contributed by atoms with E-state index >= 15 is 0 Å². The number of anilines is 2. The minimum atomic E-state index is -4.72. The molecule has 0 aliphatic carbocycles. The molecule has 0 bridgehead atoms. The fraction of sp³-hybridized carbons (Fsp3) is 0.0455. The lowest BCUT2D eigenvalue weighted by Gasteiger charge is -2.18. The summed E-state index contributed by atoms with van der Waals surface area (Å²) in [6.07, 6.45) is -2.82. The van der Waals surface area contributed by atoms with Crippen molar-refractivity contribution in [1.82, 2.24) is 4.57 Å². The van der Waals surface area contributed by atoms with Crippen molar-refractivity contribution >= 4 is 39.9 Å². The molecule has 0 atom stereocenters. The van der Waals surface area contributed by atoms with E-state index in [0.717, 1.165) is 28.7 Å². The number of carbonyl (C=O) groups excluding carboxylic acids is 1. The van der Waals surface area contributed by atoms with Gasteiger partial charge in [-0.2, -0.15) is 18.2 Å². The van der Waals surface area contributed by atoms with Gasteiger partial charge in [-0.15, -0.1) is 0 Å². The van der Waals surface area contributed by atoms with Gasteiger partial charge < -0.3 is 9.88 Å². The zero-order valence-electron chi connectivity index (χ0n) is 15.7. The Kier molecular flexibility index (Phi) is 5.34. The number of hydrogen-bond donors (Lipinski definition) is 2. The van der Waals surface area contributed by atoms with Crippen LogP contribution in [0.25, 0.3) is 16.6 Å². The number of alkyl halides is 3. The lowest BCUT2D eigenvalue weighted by molar-refractivity contribution is -0.137. The van der Waals surface area contributed by atoms with Gasteiger partial charge in [0.15, 0.2) is 0 Å². The maximum Gasteiger partial charge on any atom is 0.417 e. The highest BCUT2D eigenvalue weighted by atomic mass is 35.5. The van der Waals surface area contributed by atoms with Crippen LogP contribution in [0.4, 0.5) is 29.3 Å². The second-order valence-corrected chi connectivity index (χ2v) is 7.03. The van der Waals surface area contributed by atoms with E-state index in [-0.39, 0.29) is 10.8 Å². The third-order valence-electron chi connectivity index (χ3n) is 4.62. The Hall–Kier alpha value is -3.49. The van der Waals surface area contributed by atoms with Crippen LogP contribution in [0.15, 0.2) is 72.9 Å². The van der Waals surface area contributed by atoms with Crippen LogP contribution in [0.3, 0.4) is 0 Å². The Morgan fingerprint density at radius 3 is 2.55 bits per heavy atom. The molecule has 9 heteroatoms. The summed E-state index contributed by atoms with van der Waals surface area (Å²) in [5.74, 6) is 0. The smallest absolute Gasteiger partial charge is 0.317 e. The summed E-state index contributed by atoms with van der Waals surface area (Å²) in [5, 5.41) is 13.1. The van der Waals surface area contributed by atoms with Gasteiger partial charge in [-0.05, 0) is 66.7 Å². The van der Waals surface area contributed by atoms with Gasteiger partial charge in [0.05, 0.1) is 21.8 Å². The third-order valence-corrected chi connectivity index (χ3v) is 4.95. The van der Waals surface area contributed by atoms with Gasteiger partial charge in [0, 0.05) is 23.0 Å². The highest BCUT2D eigenvalue weighted by Gasteiger charge is 2.34. The zero-order valence-corrected chi connectivity index (χ0v) is 16.4. The Morgan fingerprint density at radius 2 is 1.84 bits per heavy atom. The summed E-state index contributed by atoms with van der Waals surface area (Å²) >= 11 is 5.56. The summed E-state index contributed by atoms with van der Waals surface area (Å²) in [5.41, 5.74) is 0.649. The van der Waals surface area contributed by atoms with Crippen molar-refractivity contribution in [3.63, 3.8) is 0 Å². The quantitative estimate of drug-likeness (QED) is 0.279. The van der Waals surface area contributed by atoms with E-state index < -0.39 is 22.8 Å². The van der Waals surface area contributed by atoms with E-state index in [1.54, 1.807) is 24.3 Å². The summed E-state index contributed by atoms with van der Waals surface area (Å²) in [6, 6.07) is 19.0. The number of amides is 2. The maximum atomic E-state index is 13.0. The number of carbonyl (C=O) groups is 1. The molecule has 0 unspecified atom stereocenters. The van der Waals surface area contributed by atoms with Gasteiger partial charge in [0.25, 0.3) is 0 Å². The fourth-order valence-electron chi connectivity index (χ4n) is 3.11. The standard InChI is InChI=1S/C22H14ClF3N3O2/c23-19-10-9-17(13-18(19)22(24,25)26)29(31)21(30)27-15-5-7-16(8-6-15)28-12-11-14-3-1-2-4-20(14)28/h2-13,31H,(H,27,30). The SMILES string of the molecule is O=C(Nc1ccc(-n2ccc3c[c]ccc32)cc1)N(O)c1ccc(Cl)c(C(F)(F)F)c1. The Labute approximate surface area is 179 Å². The van der Waals surface area contributed by atoms with Crippen LogP contribution in [0.5, 0.6) is 0 Å². The number of urea groups is 1. The van der Waals surface area contributed by atoms with E-state index in [2.05, 4.69) is 11.4 Å². The number of hydrogen-bond acceptors (Lipinski definition) is 2. The van der Waals surface area contributed by atoms with E-state index in [9.17, 15) is 23.2 Å². The van der Waals surface area contributed by atoms with Gasteiger partial charge in [-0.3, -0.25) is 5.21 Å². The number of aromatic nitrogens is 1. The van der Waals surface area contributed by atoms with Crippen molar-refractivity contribution in [3.05, 3.63) is 89.6 Å². The van der Waals surface area contributed by atoms with Crippen molar-refractivity contribution in [2.75, 3.05) is 10.4 Å². The molecule has 0 saturated heterocycles. The molecule has 0 spiro atoms. The molecule has 1 aromatic heterocycles. The number of halogens is 4. The van der Waals surface area contributed by atoms with Crippen molar-refractivity contribution in [3.8, 4) is 5.69 Å². The van der Waals surface area contributed by atoms with Crippen LogP contribution in [0.2, 0.25) is 5.02 Å². The summed E-state index contributed by atoms with van der Waals surface area (Å²) in [6.45, 7) is 0. The summed E-state index contributed by atoms with van der Waals surface area (Å²) in [7, 11) is 0. The first-order chi connectivity index (χ1) is 14.7. The van der Waals surface area contributed by atoms with Crippen LogP contribution >= 0.6 is 11.6 Å². The highest BCUT2D eigenvalue weighted by Crippen LogP contribution is 2.36. The number of nitrogens with one attached hydrogen (secondary N) is 1. The molecule has 2 amide bonds. The van der Waals surface area contributed by atoms with Crippen molar-refractivity contribution in [1.29, 1.82) is 0 Å². The zero-order chi connectivity index (χ0) is 22.2. The molecule has 31 heavy (non-hydrogen) atoms. The van der Waals surface area contributed by atoms with E-state index in [0.29, 0.717) is 11.8 Å². The summed E-state index contributed by atoms with van der Waals surface area (Å²) < 4.78 is 41.0. The van der Waals surface area contributed by atoms with E-state index in [4.69, 9.17) is 11.6 Å². The van der Waals surface area contributed by atoms with E-state index in [1.165, 1.54) is 0 Å². The Morgan fingerprint density at radius 1 is 1.10 bits per heavy atom. The lowest BCUT2D eigenvalue weighted by Crippen LogP contribution is -2.32. The van der Waals surface area contributed by atoms with Crippen molar-refractivity contribution in [2.24, 2.45) is 0 Å². The largest absolute Gasteiger partial charge is 0.417 e. The van der Waals surface area contributed by atoms with Gasteiger partial charge in [-0.1, -0.05) is 17.7 Å². The molecule has 3 aromatic carbocycles. The molecule has 5 nitrogen and oxygen atoms in total. The second kappa shape index (κ2) is 7.98. The lowest BCUT2D eigenvalue weighted by atomic mass is 10.2. The molecule has 157 valence electrons. The van der Waals surface area contributed by atoms with Crippen LogP contribution in [-0.2, 0) is 6.18 Å². The average Bonchev–Trinajstić information content (AvgIpc) is 3.17. The number of benzene rings is 3. The van der Waals surface area contributed by atoms with Crippen molar-refractivity contribution in [2.45, 2.75) is 6.18 Å². The molecule has 4 rings (SSSR count). The molecule has 0 saturated carbocycles. The maximum absolute atomic E-state index is 13.0. The van der Waals surface area contributed by atoms with Crippen molar-refractivity contribution < 1.29 is 23.2 Å². The van der Waals surface area contributed by atoms with Gasteiger partial charge in [0.2, 0.25) is 0 Å². The molecule has 0 aliphatic rings. The fourth-order valence-corrected chi connectivity index (χ4v) is 3.33. The van der Waals surface area contributed by atoms with Crippen LogP contribution in [0.1, 0.15) is 5.56 Å². The topological polar surface area (TPSA) is 57.5 Å². The van der Waals surface area contributed by atoms with Crippen LogP contribution in [0, 0.1) is 6.07 Å².